The zero-order chi connectivity index (χ0) is 12.8. The Balaban J connectivity index is 2.66. The van der Waals surface area contributed by atoms with E-state index in [0.29, 0.717) is 18.0 Å². The summed E-state index contributed by atoms with van der Waals surface area (Å²) < 4.78 is 0. The lowest BCUT2D eigenvalue weighted by molar-refractivity contribution is 0.237. The van der Waals surface area contributed by atoms with Crippen LogP contribution in [0.5, 0.6) is 0 Å². The summed E-state index contributed by atoms with van der Waals surface area (Å²) in [4.78, 5) is 0. The van der Waals surface area contributed by atoms with Gasteiger partial charge in [-0.05, 0) is 31.7 Å². The van der Waals surface area contributed by atoms with E-state index in [4.69, 9.17) is 5.11 Å². The molecule has 0 fully saturated rings. The van der Waals surface area contributed by atoms with Crippen LogP contribution in [0.15, 0.2) is 24.3 Å². The van der Waals surface area contributed by atoms with Gasteiger partial charge in [-0.1, -0.05) is 43.7 Å². The van der Waals surface area contributed by atoms with E-state index in [2.05, 4.69) is 57.3 Å². The summed E-state index contributed by atoms with van der Waals surface area (Å²) in [6.45, 7) is 8.92. The van der Waals surface area contributed by atoms with Crippen LogP contribution >= 0.6 is 0 Å². The third-order valence-corrected chi connectivity index (χ3v) is 3.25. The summed E-state index contributed by atoms with van der Waals surface area (Å²) in [6, 6.07) is 9.28. The second-order valence-corrected chi connectivity index (χ2v) is 5.17. The third kappa shape index (κ3) is 4.49. The summed E-state index contributed by atoms with van der Waals surface area (Å²) >= 11 is 0. The average Bonchev–Trinajstić information content (AvgIpc) is 2.28. The molecule has 1 aromatic carbocycles. The zero-order valence-electron chi connectivity index (χ0n) is 11.4. The van der Waals surface area contributed by atoms with Gasteiger partial charge >= 0.3 is 0 Å². The molecule has 2 N–H and O–H groups in total. The van der Waals surface area contributed by atoms with Gasteiger partial charge in [0.1, 0.15) is 0 Å². The molecule has 0 bridgehead atoms. The monoisotopic (exact) mass is 235 g/mol. The number of aliphatic hydroxyl groups is 1. The van der Waals surface area contributed by atoms with Crippen LogP contribution in [-0.4, -0.2) is 17.8 Å². The highest BCUT2D eigenvalue weighted by Crippen LogP contribution is 2.17. The standard InChI is InChI=1S/C15H25NO/c1-11(2)15(8-9-17)16-13(4)14-7-5-6-12(3)10-14/h5-7,10-11,13,15-17H,8-9H2,1-4H3. The minimum atomic E-state index is 0.246. The lowest BCUT2D eigenvalue weighted by Gasteiger charge is -2.26. The fraction of sp³-hybridized carbons (Fsp3) is 0.600. The Morgan fingerprint density at radius 3 is 2.47 bits per heavy atom. The van der Waals surface area contributed by atoms with Crippen LogP contribution in [0.25, 0.3) is 0 Å². The van der Waals surface area contributed by atoms with Crippen molar-refractivity contribution < 1.29 is 5.11 Å². The Kier molecular flexibility index (Phi) is 5.66. The molecule has 0 aromatic heterocycles. The zero-order valence-corrected chi connectivity index (χ0v) is 11.4. The molecular formula is C15H25NO. The lowest BCUT2D eigenvalue weighted by atomic mass is 9.98. The van der Waals surface area contributed by atoms with Crippen molar-refractivity contribution in [1.82, 2.24) is 5.32 Å². The van der Waals surface area contributed by atoms with Crippen LogP contribution in [0.4, 0.5) is 0 Å². The van der Waals surface area contributed by atoms with Crippen LogP contribution < -0.4 is 5.32 Å². The van der Waals surface area contributed by atoms with Gasteiger partial charge in [-0.25, -0.2) is 0 Å². The number of aryl methyl sites for hydroxylation is 1. The molecule has 0 aliphatic heterocycles. The van der Waals surface area contributed by atoms with E-state index in [1.165, 1.54) is 11.1 Å². The predicted molar refractivity (Wildman–Crippen MR) is 73.1 cm³/mol. The summed E-state index contributed by atoms with van der Waals surface area (Å²) in [5.41, 5.74) is 2.60. The average molecular weight is 235 g/mol. The molecule has 0 radical (unpaired) electrons. The van der Waals surface area contributed by atoms with Gasteiger partial charge in [-0.15, -0.1) is 0 Å². The first-order valence-corrected chi connectivity index (χ1v) is 6.48. The van der Waals surface area contributed by atoms with Crippen molar-refractivity contribution in [2.75, 3.05) is 6.61 Å². The van der Waals surface area contributed by atoms with E-state index < -0.39 is 0 Å². The molecule has 96 valence electrons. The molecule has 17 heavy (non-hydrogen) atoms. The van der Waals surface area contributed by atoms with Crippen molar-refractivity contribution in [2.45, 2.75) is 46.2 Å². The highest BCUT2D eigenvalue weighted by molar-refractivity contribution is 5.24. The molecule has 2 unspecified atom stereocenters. The smallest absolute Gasteiger partial charge is 0.0445 e. The quantitative estimate of drug-likeness (QED) is 0.794. The van der Waals surface area contributed by atoms with Crippen LogP contribution in [0.3, 0.4) is 0 Å². The van der Waals surface area contributed by atoms with Crippen LogP contribution in [0.2, 0.25) is 0 Å². The Morgan fingerprint density at radius 2 is 1.94 bits per heavy atom. The number of aliphatic hydroxyl groups excluding tert-OH is 1. The normalized spacial score (nSPS) is 14.9. The van der Waals surface area contributed by atoms with Gasteiger partial charge in [0, 0.05) is 18.7 Å². The predicted octanol–water partition coefficient (Wildman–Crippen LogP) is 3.05. The molecule has 0 aliphatic carbocycles. The summed E-state index contributed by atoms with van der Waals surface area (Å²) in [5.74, 6) is 0.536. The fourth-order valence-electron chi connectivity index (χ4n) is 2.10. The molecule has 0 spiro atoms. The second kappa shape index (κ2) is 6.77. The first-order chi connectivity index (χ1) is 8.04. The molecule has 0 amide bonds. The molecule has 0 aliphatic rings. The third-order valence-electron chi connectivity index (χ3n) is 3.25. The topological polar surface area (TPSA) is 32.3 Å². The first kappa shape index (κ1) is 14.2. The SMILES string of the molecule is Cc1cccc(C(C)NC(CCO)C(C)C)c1. The first-order valence-electron chi connectivity index (χ1n) is 6.48. The number of benzene rings is 1. The highest BCUT2D eigenvalue weighted by atomic mass is 16.3. The maximum absolute atomic E-state index is 9.07. The Labute approximate surface area is 105 Å². The summed E-state index contributed by atoms with van der Waals surface area (Å²) in [7, 11) is 0. The molecule has 1 aromatic rings. The van der Waals surface area contributed by atoms with Gasteiger partial charge in [-0.3, -0.25) is 0 Å². The van der Waals surface area contributed by atoms with Gasteiger partial charge < -0.3 is 10.4 Å². The Hall–Kier alpha value is -0.860. The molecule has 0 saturated carbocycles. The number of nitrogens with one attached hydrogen (secondary N) is 1. The Morgan fingerprint density at radius 1 is 1.24 bits per heavy atom. The minimum absolute atomic E-state index is 0.246. The van der Waals surface area contributed by atoms with Crippen molar-refractivity contribution in [3.05, 3.63) is 35.4 Å². The van der Waals surface area contributed by atoms with Crippen molar-refractivity contribution in [2.24, 2.45) is 5.92 Å². The summed E-state index contributed by atoms with van der Waals surface area (Å²) in [6.07, 6.45) is 0.813. The Bertz CT molecular complexity index is 335. The minimum Gasteiger partial charge on any atom is -0.396 e. The molecule has 2 atom stereocenters. The van der Waals surface area contributed by atoms with Gasteiger partial charge in [-0.2, -0.15) is 0 Å². The molecule has 1 rings (SSSR count). The maximum Gasteiger partial charge on any atom is 0.0445 e. The van der Waals surface area contributed by atoms with Gasteiger partial charge in [0.05, 0.1) is 0 Å². The highest BCUT2D eigenvalue weighted by Gasteiger charge is 2.16. The van der Waals surface area contributed by atoms with Crippen molar-refractivity contribution >= 4 is 0 Å². The van der Waals surface area contributed by atoms with Gasteiger partial charge in [0.15, 0.2) is 0 Å². The van der Waals surface area contributed by atoms with E-state index in [-0.39, 0.29) is 6.61 Å². The number of hydrogen-bond donors (Lipinski definition) is 2. The number of rotatable bonds is 6. The van der Waals surface area contributed by atoms with E-state index >= 15 is 0 Å². The molecule has 0 saturated heterocycles. The molecule has 0 heterocycles. The van der Waals surface area contributed by atoms with Crippen LogP contribution in [-0.2, 0) is 0 Å². The lowest BCUT2D eigenvalue weighted by Crippen LogP contribution is -2.36. The van der Waals surface area contributed by atoms with Gasteiger partial charge in [0.2, 0.25) is 0 Å². The maximum atomic E-state index is 9.07. The van der Waals surface area contributed by atoms with Crippen molar-refractivity contribution in [3.63, 3.8) is 0 Å². The number of hydrogen-bond acceptors (Lipinski definition) is 2. The summed E-state index contributed by atoms with van der Waals surface area (Å²) in [5, 5.41) is 12.7. The fourth-order valence-corrected chi connectivity index (χ4v) is 2.10. The molecule has 2 heteroatoms. The van der Waals surface area contributed by atoms with Crippen LogP contribution in [0, 0.1) is 12.8 Å². The van der Waals surface area contributed by atoms with E-state index in [0.717, 1.165) is 6.42 Å². The van der Waals surface area contributed by atoms with Crippen LogP contribution in [0.1, 0.15) is 44.4 Å². The van der Waals surface area contributed by atoms with Crippen molar-refractivity contribution in [3.8, 4) is 0 Å². The van der Waals surface area contributed by atoms with Crippen molar-refractivity contribution in [1.29, 1.82) is 0 Å². The largest absolute Gasteiger partial charge is 0.396 e. The molecular weight excluding hydrogens is 210 g/mol. The second-order valence-electron chi connectivity index (χ2n) is 5.17. The van der Waals surface area contributed by atoms with E-state index in [9.17, 15) is 0 Å². The van der Waals surface area contributed by atoms with E-state index in [1.807, 2.05) is 0 Å². The van der Waals surface area contributed by atoms with Gasteiger partial charge in [0.25, 0.3) is 0 Å². The molecule has 2 nitrogen and oxygen atoms in total. The van der Waals surface area contributed by atoms with E-state index in [1.54, 1.807) is 0 Å².